The van der Waals surface area contributed by atoms with Crippen LogP contribution in [0.25, 0.3) is 11.4 Å². The lowest BCUT2D eigenvalue weighted by Gasteiger charge is -2.21. The van der Waals surface area contributed by atoms with E-state index in [0.29, 0.717) is 22.1 Å². The van der Waals surface area contributed by atoms with Crippen molar-refractivity contribution in [3.63, 3.8) is 0 Å². The van der Waals surface area contributed by atoms with Crippen LogP contribution in [0.5, 0.6) is 11.5 Å². The van der Waals surface area contributed by atoms with Gasteiger partial charge in [-0.25, -0.2) is 5.10 Å². The Hall–Kier alpha value is -3.13. The third kappa shape index (κ3) is 4.48. The Bertz CT molecular complexity index is 1040. The van der Waals surface area contributed by atoms with Crippen molar-refractivity contribution in [1.82, 2.24) is 14.9 Å². The maximum absolute atomic E-state index is 5.43. The van der Waals surface area contributed by atoms with Gasteiger partial charge >= 0.3 is 0 Å². The molecule has 7 nitrogen and oxygen atoms in total. The Morgan fingerprint density at radius 1 is 1.10 bits per heavy atom. The summed E-state index contributed by atoms with van der Waals surface area (Å²) in [4.78, 5) is 2.29. The largest absolute Gasteiger partial charge is 0.497 e. The molecule has 1 N–H and O–H groups in total. The molecule has 0 radical (unpaired) electrons. The summed E-state index contributed by atoms with van der Waals surface area (Å²) in [5.41, 5.74) is 2.90. The zero-order valence-electron chi connectivity index (χ0n) is 17.0. The average Bonchev–Trinajstić information content (AvgIpc) is 3.13. The molecule has 0 saturated carbocycles. The highest BCUT2D eigenvalue weighted by Gasteiger charge is 2.10. The van der Waals surface area contributed by atoms with Crippen molar-refractivity contribution in [2.45, 2.75) is 13.8 Å². The normalized spacial score (nSPS) is 11.0. The van der Waals surface area contributed by atoms with Gasteiger partial charge in [-0.05, 0) is 62.5 Å². The fourth-order valence-electron chi connectivity index (χ4n) is 3.04. The number of ether oxygens (including phenoxy) is 2. The Morgan fingerprint density at radius 3 is 2.45 bits per heavy atom. The predicted molar refractivity (Wildman–Crippen MR) is 119 cm³/mol. The molecule has 2 aromatic carbocycles. The minimum atomic E-state index is 0.413. The second-order valence-corrected chi connectivity index (χ2v) is 6.62. The van der Waals surface area contributed by atoms with E-state index in [1.54, 1.807) is 25.1 Å². The molecule has 1 heterocycles. The number of aromatic amines is 1. The smallest absolute Gasteiger partial charge is 0.216 e. The summed E-state index contributed by atoms with van der Waals surface area (Å²) in [7, 11) is 3.23. The molecule has 0 atom stereocenters. The Balaban J connectivity index is 1.93. The summed E-state index contributed by atoms with van der Waals surface area (Å²) >= 11 is 5.37. The number of methoxy groups -OCH3 is 2. The summed E-state index contributed by atoms with van der Waals surface area (Å²) in [6.07, 6.45) is 1.69. The number of nitrogens with one attached hydrogen (secondary N) is 1. The Kier molecular flexibility index (Phi) is 6.66. The monoisotopic (exact) mass is 411 g/mol. The molecule has 0 unspecified atom stereocenters. The van der Waals surface area contributed by atoms with Crippen LogP contribution < -0.4 is 14.4 Å². The van der Waals surface area contributed by atoms with Gasteiger partial charge in [0.05, 0.1) is 20.4 Å². The Morgan fingerprint density at radius 2 is 1.83 bits per heavy atom. The Labute approximate surface area is 175 Å². The van der Waals surface area contributed by atoms with E-state index in [9.17, 15) is 0 Å². The average molecular weight is 412 g/mol. The molecule has 8 heteroatoms. The van der Waals surface area contributed by atoms with Crippen LogP contribution in [-0.4, -0.2) is 48.4 Å². The molecule has 1 aromatic heterocycles. The van der Waals surface area contributed by atoms with E-state index in [1.165, 1.54) is 5.69 Å². The van der Waals surface area contributed by atoms with Crippen LogP contribution >= 0.6 is 12.2 Å². The minimum Gasteiger partial charge on any atom is -0.497 e. The van der Waals surface area contributed by atoms with Crippen LogP contribution in [-0.2, 0) is 0 Å². The number of H-pyrrole nitrogens is 1. The molecule has 0 aliphatic carbocycles. The van der Waals surface area contributed by atoms with E-state index < -0.39 is 0 Å². The first-order valence-electron chi connectivity index (χ1n) is 9.40. The first-order chi connectivity index (χ1) is 14.1. The molecule has 29 heavy (non-hydrogen) atoms. The number of rotatable bonds is 8. The maximum atomic E-state index is 5.43. The molecule has 0 amide bonds. The summed E-state index contributed by atoms with van der Waals surface area (Å²) in [6, 6.07) is 13.8. The molecule has 0 aliphatic heterocycles. The molecule has 3 rings (SSSR count). The van der Waals surface area contributed by atoms with Crippen LogP contribution in [0.3, 0.4) is 0 Å². The van der Waals surface area contributed by atoms with Crippen molar-refractivity contribution in [2.75, 3.05) is 32.2 Å². The van der Waals surface area contributed by atoms with Crippen molar-refractivity contribution in [3.8, 4) is 22.9 Å². The number of aromatic nitrogens is 3. The van der Waals surface area contributed by atoms with Gasteiger partial charge < -0.3 is 14.4 Å². The summed E-state index contributed by atoms with van der Waals surface area (Å²) in [6.45, 7) is 6.21. The van der Waals surface area contributed by atoms with Gasteiger partial charge in [-0.2, -0.15) is 14.9 Å². The highest BCUT2D eigenvalue weighted by molar-refractivity contribution is 7.71. The molecule has 0 aliphatic rings. The predicted octanol–water partition coefficient (Wildman–Crippen LogP) is 4.35. The third-order valence-corrected chi connectivity index (χ3v) is 4.92. The number of hydrogen-bond donors (Lipinski definition) is 1. The van der Waals surface area contributed by atoms with Gasteiger partial charge in [-0.1, -0.05) is 0 Å². The fraction of sp³-hybridized carbons (Fsp3) is 0.286. The lowest BCUT2D eigenvalue weighted by molar-refractivity contribution is 0.394. The van der Waals surface area contributed by atoms with Crippen LogP contribution in [0.15, 0.2) is 47.6 Å². The quantitative estimate of drug-likeness (QED) is 0.441. The molecule has 152 valence electrons. The van der Waals surface area contributed by atoms with Gasteiger partial charge in [-0.15, -0.1) is 0 Å². The number of benzene rings is 2. The van der Waals surface area contributed by atoms with Crippen LogP contribution in [0, 0.1) is 4.77 Å². The summed E-state index contributed by atoms with van der Waals surface area (Å²) < 4.78 is 12.7. The van der Waals surface area contributed by atoms with Gasteiger partial charge in [0.25, 0.3) is 0 Å². The van der Waals surface area contributed by atoms with Crippen molar-refractivity contribution in [1.29, 1.82) is 0 Å². The van der Waals surface area contributed by atoms with Gasteiger partial charge in [0, 0.05) is 36.0 Å². The topological polar surface area (TPSA) is 67.7 Å². The second kappa shape index (κ2) is 9.38. The first-order valence-corrected chi connectivity index (χ1v) is 9.81. The molecule has 0 fully saturated rings. The maximum Gasteiger partial charge on any atom is 0.216 e. The lowest BCUT2D eigenvalue weighted by atomic mass is 10.2. The second-order valence-electron chi connectivity index (χ2n) is 6.24. The van der Waals surface area contributed by atoms with Gasteiger partial charge in [-0.3, -0.25) is 0 Å². The van der Waals surface area contributed by atoms with Crippen molar-refractivity contribution >= 4 is 24.1 Å². The summed E-state index contributed by atoms with van der Waals surface area (Å²) in [5, 5.41) is 11.7. The number of hydrogen-bond acceptors (Lipinski definition) is 6. The standard InChI is InChI=1S/C21H25N5O2S/c1-5-25(6-2)17-10-7-15(8-11-17)20-23-24-21(29)26(20)22-14-16-9-12-18(27-3)13-19(16)28-4/h7-14H,5-6H2,1-4H3,(H,24,29). The highest BCUT2D eigenvalue weighted by atomic mass is 32.1. The molecule has 0 saturated heterocycles. The van der Waals surface area contributed by atoms with E-state index >= 15 is 0 Å². The summed E-state index contributed by atoms with van der Waals surface area (Å²) in [5.74, 6) is 2.02. The van der Waals surface area contributed by atoms with Gasteiger partial charge in [0.15, 0.2) is 5.82 Å². The van der Waals surface area contributed by atoms with Gasteiger partial charge in [0.1, 0.15) is 11.5 Å². The van der Waals surface area contributed by atoms with Crippen LogP contribution in [0.4, 0.5) is 5.69 Å². The zero-order valence-corrected chi connectivity index (χ0v) is 17.9. The minimum absolute atomic E-state index is 0.413. The van der Waals surface area contributed by atoms with Crippen molar-refractivity contribution in [3.05, 3.63) is 52.8 Å². The highest BCUT2D eigenvalue weighted by Crippen LogP contribution is 2.24. The number of nitrogens with zero attached hydrogens (tertiary/aromatic N) is 4. The van der Waals surface area contributed by atoms with Crippen LogP contribution in [0.2, 0.25) is 0 Å². The van der Waals surface area contributed by atoms with Crippen LogP contribution in [0.1, 0.15) is 19.4 Å². The lowest BCUT2D eigenvalue weighted by Crippen LogP contribution is -2.21. The van der Waals surface area contributed by atoms with E-state index in [2.05, 4.69) is 46.2 Å². The molecule has 0 spiro atoms. The number of anilines is 1. The molecular formula is C21H25N5O2S. The van der Waals surface area contributed by atoms with E-state index in [4.69, 9.17) is 21.7 Å². The van der Waals surface area contributed by atoms with E-state index in [-0.39, 0.29) is 0 Å². The fourth-order valence-corrected chi connectivity index (χ4v) is 3.22. The molecule has 0 bridgehead atoms. The SMILES string of the molecule is CCN(CC)c1ccc(-c2n[nH]c(=S)n2N=Cc2ccc(OC)cc2OC)cc1. The first kappa shape index (κ1) is 20.6. The van der Waals surface area contributed by atoms with Gasteiger partial charge in [0.2, 0.25) is 4.77 Å². The van der Waals surface area contributed by atoms with E-state index in [0.717, 1.165) is 24.2 Å². The third-order valence-electron chi connectivity index (χ3n) is 4.66. The molecule has 3 aromatic rings. The van der Waals surface area contributed by atoms with Crippen molar-refractivity contribution < 1.29 is 9.47 Å². The molecular weight excluding hydrogens is 386 g/mol. The zero-order chi connectivity index (χ0) is 20.8. The van der Waals surface area contributed by atoms with Crippen molar-refractivity contribution in [2.24, 2.45) is 5.10 Å². The van der Waals surface area contributed by atoms with E-state index in [1.807, 2.05) is 30.3 Å².